The lowest BCUT2D eigenvalue weighted by molar-refractivity contribution is 0.190. The lowest BCUT2D eigenvalue weighted by Crippen LogP contribution is -2.36. The summed E-state index contributed by atoms with van der Waals surface area (Å²) in [7, 11) is 0. The Bertz CT molecular complexity index is 623. The van der Waals surface area contributed by atoms with E-state index in [0.717, 1.165) is 17.7 Å². The van der Waals surface area contributed by atoms with Crippen molar-refractivity contribution in [2.45, 2.75) is 26.2 Å². The summed E-state index contributed by atoms with van der Waals surface area (Å²) >= 11 is 0. The number of hydrogen-bond donors (Lipinski definition) is 1. The first-order valence-corrected chi connectivity index (χ1v) is 8.13. The summed E-state index contributed by atoms with van der Waals surface area (Å²) in [5.41, 5.74) is 0.387. The molecule has 22 heavy (non-hydrogen) atoms. The Kier molecular flexibility index (Phi) is 4.83. The van der Waals surface area contributed by atoms with Crippen LogP contribution in [0.5, 0.6) is 0 Å². The smallest absolute Gasteiger partial charge is 0.149 e. The Morgan fingerprint density at radius 2 is 2.09 bits per heavy atom. The molecule has 0 radical (unpaired) electrons. The molecule has 118 valence electrons. The predicted octanol–water partition coefficient (Wildman–Crippen LogP) is 3.30. The van der Waals surface area contributed by atoms with Gasteiger partial charge in [-0.25, -0.2) is 14.4 Å². The number of anilines is 1. The van der Waals surface area contributed by atoms with E-state index in [4.69, 9.17) is 0 Å². The molecule has 5 heteroatoms. The molecule has 1 aromatic carbocycles. The van der Waals surface area contributed by atoms with Gasteiger partial charge >= 0.3 is 0 Å². The van der Waals surface area contributed by atoms with E-state index in [-0.39, 0.29) is 5.82 Å². The minimum absolute atomic E-state index is 0.296. The Morgan fingerprint density at radius 1 is 1.27 bits per heavy atom. The van der Waals surface area contributed by atoms with Gasteiger partial charge in [-0.3, -0.25) is 0 Å². The van der Waals surface area contributed by atoms with E-state index in [0.29, 0.717) is 11.4 Å². The summed E-state index contributed by atoms with van der Waals surface area (Å²) in [6.45, 7) is 6.68. The van der Waals surface area contributed by atoms with Crippen LogP contribution in [0.4, 0.5) is 10.2 Å². The molecule has 2 heterocycles. The fourth-order valence-electron chi connectivity index (χ4n) is 3.16. The first-order valence-electron chi connectivity index (χ1n) is 8.13. The lowest BCUT2D eigenvalue weighted by Gasteiger charge is -2.31. The number of nitrogens with one attached hydrogen (secondary N) is 1. The van der Waals surface area contributed by atoms with Gasteiger partial charge in [-0.05, 0) is 56.9 Å². The summed E-state index contributed by atoms with van der Waals surface area (Å²) in [4.78, 5) is 10.8. The number of piperidine rings is 1. The number of aromatic nitrogens is 2. The van der Waals surface area contributed by atoms with Gasteiger partial charge in [0.15, 0.2) is 0 Å². The average molecular weight is 302 g/mol. The molecule has 0 unspecified atom stereocenters. The van der Waals surface area contributed by atoms with Crippen LogP contribution in [0, 0.1) is 11.7 Å². The molecule has 1 aliphatic heterocycles. The van der Waals surface area contributed by atoms with Crippen LogP contribution >= 0.6 is 0 Å². The van der Waals surface area contributed by atoms with Gasteiger partial charge < -0.3 is 10.2 Å². The van der Waals surface area contributed by atoms with Gasteiger partial charge in [-0.1, -0.05) is 13.0 Å². The number of rotatable bonds is 5. The zero-order chi connectivity index (χ0) is 15.4. The second-order valence-electron chi connectivity index (χ2n) is 6.02. The van der Waals surface area contributed by atoms with E-state index in [1.807, 2.05) is 6.07 Å². The molecule has 0 saturated carbocycles. The molecule has 3 rings (SSSR count). The molecular weight excluding hydrogens is 279 g/mol. The minimum atomic E-state index is -0.296. The second kappa shape index (κ2) is 7.01. The Labute approximate surface area is 130 Å². The van der Waals surface area contributed by atoms with Crippen LogP contribution in [0.15, 0.2) is 24.5 Å². The van der Waals surface area contributed by atoms with Crippen molar-refractivity contribution in [1.82, 2.24) is 14.9 Å². The van der Waals surface area contributed by atoms with Crippen LogP contribution < -0.4 is 5.32 Å². The fourth-order valence-corrected chi connectivity index (χ4v) is 3.16. The van der Waals surface area contributed by atoms with Crippen molar-refractivity contribution in [3.8, 4) is 0 Å². The maximum Gasteiger partial charge on any atom is 0.149 e. The molecule has 4 nitrogen and oxygen atoms in total. The SMILES string of the molecule is CCCN1CCC(CNc2ncnc3c(F)cccc23)CC1. The maximum atomic E-state index is 13.8. The highest BCUT2D eigenvalue weighted by Gasteiger charge is 2.18. The molecule has 1 aromatic heterocycles. The van der Waals surface area contributed by atoms with E-state index in [1.54, 1.807) is 6.07 Å². The third-order valence-electron chi connectivity index (χ3n) is 4.42. The number of nitrogens with zero attached hydrogens (tertiary/aromatic N) is 3. The normalized spacial score (nSPS) is 17.0. The molecule has 1 fully saturated rings. The molecule has 0 bridgehead atoms. The first-order chi connectivity index (χ1) is 10.8. The van der Waals surface area contributed by atoms with E-state index in [9.17, 15) is 4.39 Å². The van der Waals surface area contributed by atoms with Gasteiger partial charge in [0.05, 0.1) is 0 Å². The largest absolute Gasteiger partial charge is 0.369 e. The Hall–Kier alpha value is -1.75. The topological polar surface area (TPSA) is 41.0 Å². The van der Waals surface area contributed by atoms with E-state index < -0.39 is 0 Å². The molecule has 0 amide bonds. The number of likely N-dealkylation sites (tertiary alicyclic amines) is 1. The highest BCUT2D eigenvalue weighted by atomic mass is 19.1. The third-order valence-corrected chi connectivity index (χ3v) is 4.42. The zero-order valence-corrected chi connectivity index (χ0v) is 13.1. The molecule has 0 atom stereocenters. The Balaban J connectivity index is 1.62. The molecular formula is C17H23FN4. The summed E-state index contributed by atoms with van der Waals surface area (Å²) < 4.78 is 13.8. The summed E-state index contributed by atoms with van der Waals surface area (Å²) in [6, 6.07) is 5.00. The van der Waals surface area contributed by atoms with Crippen LogP contribution in [0.25, 0.3) is 10.9 Å². The maximum absolute atomic E-state index is 13.8. The number of hydrogen-bond acceptors (Lipinski definition) is 4. The van der Waals surface area contributed by atoms with Gasteiger partial charge in [0.2, 0.25) is 0 Å². The second-order valence-corrected chi connectivity index (χ2v) is 6.02. The van der Waals surface area contributed by atoms with Crippen LogP contribution in [0.3, 0.4) is 0 Å². The predicted molar refractivity (Wildman–Crippen MR) is 87.4 cm³/mol. The van der Waals surface area contributed by atoms with E-state index >= 15 is 0 Å². The van der Waals surface area contributed by atoms with Crippen LogP contribution in [0.2, 0.25) is 0 Å². The average Bonchev–Trinajstić information content (AvgIpc) is 2.55. The van der Waals surface area contributed by atoms with Gasteiger partial charge in [-0.2, -0.15) is 0 Å². The van der Waals surface area contributed by atoms with Crippen molar-refractivity contribution in [3.63, 3.8) is 0 Å². The van der Waals surface area contributed by atoms with Gasteiger partial charge in [0.25, 0.3) is 0 Å². The molecule has 1 aliphatic rings. The third kappa shape index (κ3) is 3.35. The molecule has 0 spiro atoms. The lowest BCUT2D eigenvalue weighted by atomic mass is 9.96. The monoisotopic (exact) mass is 302 g/mol. The van der Waals surface area contributed by atoms with Crippen molar-refractivity contribution in [3.05, 3.63) is 30.3 Å². The number of benzene rings is 1. The standard InChI is InChI=1S/C17H23FN4/c1-2-8-22-9-6-13(7-10-22)11-19-17-14-4-3-5-15(18)16(14)20-12-21-17/h3-5,12-13H,2,6-11H2,1H3,(H,19,20,21). The van der Waals surface area contributed by atoms with Crippen molar-refractivity contribution in [1.29, 1.82) is 0 Å². The van der Waals surface area contributed by atoms with Crippen LogP contribution in [0.1, 0.15) is 26.2 Å². The van der Waals surface area contributed by atoms with E-state index in [1.165, 1.54) is 51.3 Å². The molecule has 2 aromatic rings. The highest BCUT2D eigenvalue weighted by Crippen LogP contribution is 2.23. The quantitative estimate of drug-likeness (QED) is 0.920. The van der Waals surface area contributed by atoms with Crippen LogP contribution in [-0.2, 0) is 0 Å². The molecule has 0 aliphatic carbocycles. The van der Waals surface area contributed by atoms with Crippen molar-refractivity contribution < 1.29 is 4.39 Å². The fraction of sp³-hybridized carbons (Fsp3) is 0.529. The summed E-state index contributed by atoms with van der Waals surface area (Å²) in [5, 5.41) is 4.15. The van der Waals surface area contributed by atoms with Gasteiger partial charge in [0, 0.05) is 11.9 Å². The Morgan fingerprint density at radius 3 is 2.86 bits per heavy atom. The minimum Gasteiger partial charge on any atom is -0.369 e. The van der Waals surface area contributed by atoms with Crippen molar-refractivity contribution >= 4 is 16.7 Å². The van der Waals surface area contributed by atoms with Crippen LogP contribution in [-0.4, -0.2) is 41.0 Å². The summed E-state index contributed by atoms with van der Waals surface area (Å²) in [6.07, 6.45) is 5.08. The number of fused-ring (bicyclic) bond motifs is 1. The number of halogens is 1. The highest BCUT2D eigenvalue weighted by molar-refractivity contribution is 5.89. The first kappa shape index (κ1) is 15.2. The number of para-hydroxylation sites is 1. The van der Waals surface area contributed by atoms with Crippen molar-refractivity contribution in [2.75, 3.05) is 31.5 Å². The van der Waals surface area contributed by atoms with Gasteiger partial charge in [0.1, 0.15) is 23.5 Å². The zero-order valence-electron chi connectivity index (χ0n) is 13.1. The molecule has 1 N–H and O–H groups in total. The van der Waals surface area contributed by atoms with Gasteiger partial charge in [-0.15, -0.1) is 0 Å². The summed E-state index contributed by atoms with van der Waals surface area (Å²) in [5.74, 6) is 1.10. The molecule has 1 saturated heterocycles. The van der Waals surface area contributed by atoms with Crippen molar-refractivity contribution in [2.24, 2.45) is 5.92 Å². The van der Waals surface area contributed by atoms with E-state index in [2.05, 4.69) is 27.1 Å².